The Morgan fingerprint density at radius 1 is 1.35 bits per heavy atom. The minimum absolute atomic E-state index is 0.227. The molecule has 0 fully saturated rings. The third-order valence-electron chi connectivity index (χ3n) is 3.16. The number of benzene rings is 1. The van der Waals surface area contributed by atoms with Gasteiger partial charge >= 0.3 is 0 Å². The number of ether oxygens (including phenoxy) is 1. The molecule has 1 amide bonds. The standard InChI is InChI=1S/C15H19N3O2/c1-10-7-8-11-5-4-6-12(13(11)17-10)20-9-15(2,3)14(19)18-16/h4-8H,9,16H2,1-3H3,(H,18,19). The number of nitrogens with two attached hydrogens (primary N) is 1. The Morgan fingerprint density at radius 3 is 2.80 bits per heavy atom. The van der Waals surface area contributed by atoms with Crippen LogP contribution in [0.15, 0.2) is 30.3 Å². The van der Waals surface area contributed by atoms with Crippen molar-refractivity contribution in [2.24, 2.45) is 11.3 Å². The molecule has 0 atom stereocenters. The van der Waals surface area contributed by atoms with Crippen molar-refractivity contribution in [3.8, 4) is 5.75 Å². The number of hydrazine groups is 1. The van der Waals surface area contributed by atoms with Crippen LogP contribution in [0.2, 0.25) is 0 Å². The molecule has 0 bridgehead atoms. The molecule has 0 aliphatic heterocycles. The van der Waals surface area contributed by atoms with Crippen molar-refractivity contribution in [3.05, 3.63) is 36.0 Å². The number of nitrogens with one attached hydrogen (secondary N) is 1. The number of aromatic nitrogens is 1. The van der Waals surface area contributed by atoms with E-state index in [-0.39, 0.29) is 12.5 Å². The van der Waals surface area contributed by atoms with Crippen molar-refractivity contribution in [1.29, 1.82) is 0 Å². The number of amides is 1. The van der Waals surface area contributed by atoms with Crippen LogP contribution in [0.5, 0.6) is 5.75 Å². The molecule has 1 aromatic carbocycles. The lowest BCUT2D eigenvalue weighted by molar-refractivity contribution is -0.130. The van der Waals surface area contributed by atoms with E-state index in [2.05, 4.69) is 10.4 Å². The van der Waals surface area contributed by atoms with Gasteiger partial charge in [0.1, 0.15) is 17.9 Å². The predicted octanol–water partition coefficient (Wildman–Crippen LogP) is 1.94. The molecule has 0 saturated carbocycles. The van der Waals surface area contributed by atoms with Gasteiger partial charge in [0, 0.05) is 11.1 Å². The molecule has 3 N–H and O–H groups in total. The van der Waals surface area contributed by atoms with Crippen molar-refractivity contribution in [2.45, 2.75) is 20.8 Å². The largest absolute Gasteiger partial charge is 0.490 e. The van der Waals surface area contributed by atoms with Crippen LogP contribution in [-0.4, -0.2) is 17.5 Å². The van der Waals surface area contributed by atoms with E-state index < -0.39 is 5.41 Å². The molecule has 0 unspecified atom stereocenters. The number of hydrogen-bond donors (Lipinski definition) is 2. The van der Waals surface area contributed by atoms with E-state index in [4.69, 9.17) is 10.6 Å². The van der Waals surface area contributed by atoms with Crippen LogP contribution in [0, 0.1) is 12.3 Å². The van der Waals surface area contributed by atoms with E-state index in [1.54, 1.807) is 13.8 Å². The second-order valence-corrected chi connectivity index (χ2v) is 5.43. The first kappa shape index (κ1) is 14.3. The first-order chi connectivity index (χ1) is 9.44. The summed E-state index contributed by atoms with van der Waals surface area (Å²) < 4.78 is 5.78. The molecule has 0 saturated heterocycles. The number of nitrogens with zero attached hydrogens (tertiary/aromatic N) is 1. The zero-order valence-corrected chi connectivity index (χ0v) is 11.9. The molecular formula is C15H19N3O2. The number of carbonyl (C=O) groups is 1. The van der Waals surface area contributed by atoms with Gasteiger partial charge in [-0.1, -0.05) is 18.2 Å². The summed E-state index contributed by atoms with van der Waals surface area (Å²) >= 11 is 0. The summed E-state index contributed by atoms with van der Waals surface area (Å²) in [4.78, 5) is 16.1. The van der Waals surface area contributed by atoms with Crippen LogP contribution in [-0.2, 0) is 4.79 Å². The summed E-state index contributed by atoms with van der Waals surface area (Å²) in [6, 6.07) is 9.70. The highest BCUT2D eigenvalue weighted by Crippen LogP contribution is 2.26. The van der Waals surface area contributed by atoms with Crippen molar-refractivity contribution in [1.82, 2.24) is 10.4 Å². The van der Waals surface area contributed by atoms with E-state index in [0.29, 0.717) is 5.75 Å². The second-order valence-electron chi connectivity index (χ2n) is 5.43. The van der Waals surface area contributed by atoms with Gasteiger partial charge in [-0.2, -0.15) is 0 Å². The van der Waals surface area contributed by atoms with Crippen LogP contribution in [0.4, 0.5) is 0 Å². The van der Waals surface area contributed by atoms with Crippen molar-refractivity contribution in [2.75, 3.05) is 6.61 Å². The lowest BCUT2D eigenvalue weighted by Gasteiger charge is -2.22. The number of carbonyl (C=O) groups excluding carboxylic acids is 1. The first-order valence-corrected chi connectivity index (χ1v) is 6.44. The quantitative estimate of drug-likeness (QED) is 0.507. The summed E-state index contributed by atoms with van der Waals surface area (Å²) in [7, 11) is 0. The Morgan fingerprint density at radius 2 is 2.10 bits per heavy atom. The maximum absolute atomic E-state index is 11.6. The van der Waals surface area contributed by atoms with Gasteiger partial charge in [0.2, 0.25) is 5.91 Å². The fourth-order valence-corrected chi connectivity index (χ4v) is 1.85. The second kappa shape index (κ2) is 5.46. The lowest BCUT2D eigenvalue weighted by Crippen LogP contribution is -2.44. The number of fused-ring (bicyclic) bond motifs is 1. The summed E-state index contributed by atoms with van der Waals surface area (Å²) in [5, 5.41) is 1.01. The fraction of sp³-hybridized carbons (Fsp3) is 0.333. The summed E-state index contributed by atoms with van der Waals surface area (Å²) in [5.41, 5.74) is 3.17. The molecule has 1 heterocycles. The molecular weight excluding hydrogens is 254 g/mol. The zero-order chi connectivity index (χ0) is 14.8. The lowest BCUT2D eigenvalue weighted by atomic mass is 9.94. The van der Waals surface area contributed by atoms with E-state index in [9.17, 15) is 4.79 Å². The average molecular weight is 273 g/mol. The van der Waals surface area contributed by atoms with E-state index in [1.807, 2.05) is 37.3 Å². The monoisotopic (exact) mass is 273 g/mol. The molecule has 20 heavy (non-hydrogen) atoms. The first-order valence-electron chi connectivity index (χ1n) is 6.44. The topological polar surface area (TPSA) is 77.2 Å². The van der Waals surface area contributed by atoms with E-state index in [1.165, 1.54) is 0 Å². The Bertz CT molecular complexity index is 638. The molecule has 2 rings (SSSR count). The van der Waals surface area contributed by atoms with Gasteiger partial charge in [0.05, 0.1) is 5.41 Å². The summed E-state index contributed by atoms with van der Waals surface area (Å²) in [6.45, 7) is 5.71. The maximum Gasteiger partial charge on any atom is 0.242 e. The van der Waals surface area contributed by atoms with E-state index >= 15 is 0 Å². The van der Waals surface area contributed by atoms with Crippen LogP contribution < -0.4 is 16.0 Å². The molecule has 5 nitrogen and oxygen atoms in total. The van der Waals surface area contributed by atoms with Gasteiger partial charge in [-0.05, 0) is 32.9 Å². The third kappa shape index (κ3) is 2.88. The molecule has 0 aliphatic rings. The van der Waals surface area contributed by atoms with Gasteiger partial charge < -0.3 is 4.74 Å². The minimum atomic E-state index is -0.708. The number of hydrogen-bond acceptors (Lipinski definition) is 4. The fourth-order valence-electron chi connectivity index (χ4n) is 1.85. The number of rotatable bonds is 4. The summed E-state index contributed by atoms with van der Waals surface area (Å²) in [6.07, 6.45) is 0. The molecule has 0 radical (unpaired) electrons. The van der Waals surface area contributed by atoms with Crippen LogP contribution in [0.1, 0.15) is 19.5 Å². The smallest absolute Gasteiger partial charge is 0.242 e. The number of para-hydroxylation sites is 1. The van der Waals surface area contributed by atoms with Crippen molar-refractivity contribution < 1.29 is 9.53 Å². The van der Waals surface area contributed by atoms with Gasteiger partial charge in [-0.15, -0.1) is 0 Å². The third-order valence-corrected chi connectivity index (χ3v) is 3.16. The van der Waals surface area contributed by atoms with Crippen molar-refractivity contribution in [3.63, 3.8) is 0 Å². The highest BCUT2D eigenvalue weighted by atomic mass is 16.5. The van der Waals surface area contributed by atoms with Crippen LogP contribution in [0.3, 0.4) is 0 Å². The zero-order valence-electron chi connectivity index (χ0n) is 11.9. The average Bonchev–Trinajstić information content (AvgIpc) is 2.44. The molecule has 5 heteroatoms. The van der Waals surface area contributed by atoms with Gasteiger partial charge in [-0.25, -0.2) is 10.8 Å². The van der Waals surface area contributed by atoms with Crippen molar-refractivity contribution >= 4 is 16.8 Å². The number of pyridine rings is 1. The minimum Gasteiger partial charge on any atom is -0.490 e. The Labute approximate surface area is 118 Å². The summed E-state index contributed by atoms with van der Waals surface area (Å²) in [5.74, 6) is 5.58. The van der Waals surface area contributed by atoms with Gasteiger partial charge in [-0.3, -0.25) is 10.2 Å². The Hall–Kier alpha value is -2.14. The molecule has 2 aromatic rings. The SMILES string of the molecule is Cc1ccc2cccc(OCC(C)(C)C(=O)NN)c2n1. The highest BCUT2D eigenvalue weighted by Gasteiger charge is 2.28. The van der Waals surface area contributed by atoms with Gasteiger partial charge in [0.25, 0.3) is 0 Å². The highest BCUT2D eigenvalue weighted by molar-refractivity contribution is 5.85. The molecule has 0 aliphatic carbocycles. The Kier molecular flexibility index (Phi) is 3.90. The predicted molar refractivity (Wildman–Crippen MR) is 78.1 cm³/mol. The molecule has 0 spiro atoms. The molecule has 1 aromatic heterocycles. The van der Waals surface area contributed by atoms with Crippen LogP contribution >= 0.6 is 0 Å². The molecule has 106 valence electrons. The van der Waals surface area contributed by atoms with Crippen LogP contribution in [0.25, 0.3) is 10.9 Å². The normalized spacial score (nSPS) is 11.4. The number of aryl methyl sites for hydroxylation is 1. The van der Waals surface area contributed by atoms with E-state index in [0.717, 1.165) is 16.6 Å². The van der Waals surface area contributed by atoms with Gasteiger partial charge in [0.15, 0.2) is 0 Å². The maximum atomic E-state index is 11.6. The Balaban J connectivity index is 2.26.